The predicted molar refractivity (Wildman–Crippen MR) is 91.4 cm³/mol. The molecule has 122 valence electrons. The van der Waals surface area contributed by atoms with Gasteiger partial charge in [0.05, 0.1) is 7.11 Å². The van der Waals surface area contributed by atoms with Gasteiger partial charge < -0.3 is 10.1 Å². The normalized spacial score (nSPS) is 15.2. The van der Waals surface area contributed by atoms with Crippen LogP contribution in [0.2, 0.25) is 0 Å². The molecule has 1 aliphatic rings. The van der Waals surface area contributed by atoms with Crippen LogP contribution in [0.15, 0.2) is 24.3 Å². The Morgan fingerprint density at radius 2 is 2.04 bits per heavy atom. The van der Waals surface area contributed by atoms with Gasteiger partial charge in [-0.25, -0.2) is 4.79 Å². The van der Waals surface area contributed by atoms with E-state index in [1.807, 2.05) is 12.1 Å². The first-order valence-corrected chi connectivity index (χ1v) is 8.61. The van der Waals surface area contributed by atoms with Crippen LogP contribution in [0.5, 0.6) is 5.75 Å². The summed E-state index contributed by atoms with van der Waals surface area (Å²) in [6.45, 7) is 0. The summed E-state index contributed by atoms with van der Waals surface area (Å²) in [5, 5.41) is 15.4. The zero-order valence-electron chi connectivity index (χ0n) is 13.0. The van der Waals surface area contributed by atoms with E-state index in [-0.39, 0.29) is 6.03 Å². The molecule has 0 saturated heterocycles. The Balaban J connectivity index is 1.58. The average molecular weight is 332 g/mol. The number of urea groups is 1. The van der Waals surface area contributed by atoms with Crippen molar-refractivity contribution in [3.05, 3.63) is 29.3 Å². The van der Waals surface area contributed by atoms with Crippen LogP contribution >= 0.6 is 11.3 Å². The maximum atomic E-state index is 12.0. The van der Waals surface area contributed by atoms with Crippen molar-refractivity contribution >= 4 is 28.2 Å². The fraction of sp³-hybridized carbons (Fsp3) is 0.438. The molecule has 1 aromatic carbocycles. The zero-order chi connectivity index (χ0) is 16.1. The van der Waals surface area contributed by atoms with Gasteiger partial charge in [-0.1, -0.05) is 36.7 Å². The molecule has 7 heteroatoms. The van der Waals surface area contributed by atoms with E-state index in [0.29, 0.717) is 22.5 Å². The van der Waals surface area contributed by atoms with Gasteiger partial charge in [0.25, 0.3) is 0 Å². The minimum absolute atomic E-state index is 0.329. The lowest BCUT2D eigenvalue weighted by Gasteiger charge is -2.18. The van der Waals surface area contributed by atoms with Gasteiger partial charge in [-0.05, 0) is 25.0 Å². The topological polar surface area (TPSA) is 76.1 Å². The van der Waals surface area contributed by atoms with Gasteiger partial charge in [0.1, 0.15) is 10.8 Å². The highest BCUT2D eigenvalue weighted by atomic mass is 32.1. The second kappa shape index (κ2) is 7.41. The molecule has 1 aliphatic carbocycles. The first-order chi connectivity index (χ1) is 11.2. The van der Waals surface area contributed by atoms with E-state index in [1.54, 1.807) is 19.2 Å². The van der Waals surface area contributed by atoms with E-state index >= 15 is 0 Å². The van der Waals surface area contributed by atoms with Crippen LogP contribution in [0.1, 0.15) is 43.0 Å². The van der Waals surface area contributed by atoms with Gasteiger partial charge in [-0.2, -0.15) is 0 Å². The molecule has 2 amide bonds. The number of aromatic nitrogens is 2. The van der Waals surface area contributed by atoms with Crippen molar-refractivity contribution in [3.8, 4) is 5.75 Å². The van der Waals surface area contributed by atoms with Crippen LogP contribution < -0.4 is 15.4 Å². The lowest BCUT2D eigenvalue weighted by Crippen LogP contribution is -2.19. The van der Waals surface area contributed by atoms with Crippen molar-refractivity contribution in [2.75, 3.05) is 17.7 Å². The number of anilines is 2. The van der Waals surface area contributed by atoms with Gasteiger partial charge in [0.15, 0.2) is 0 Å². The fourth-order valence-corrected chi connectivity index (χ4v) is 3.67. The van der Waals surface area contributed by atoms with Crippen molar-refractivity contribution in [1.29, 1.82) is 0 Å². The lowest BCUT2D eigenvalue weighted by molar-refractivity contribution is 0.262. The standard InChI is InChI=1S/C16H20N4O2S/c1-22-13-9-5-8-12(10-13)17-15(21)18-16-20-19-14(23-16)11-6-3-2-4-7-11/h5,8-11H,2-4,6-7H2,1H3,(H2,17,18,20,21). The molecule has 23 heavy (non-hydrogen) atoms. The summed E-state index contributed by atoms with van der Waals surface area (Å²) in [7, 11) is 1.59. The highest BCUT2D eigenvalue weighted by Crippen LogP contribution is 2.35. The number of hydrogen-bond acceptors (Lipinski definition) is 5. The third-order valence-electron chi connectivity index (χ3n) is 3.94. The van der Waals surface area contributed by atoms with E-state index in [4.69, 9.17) is 4.74 Å². The molecule has 3 rings (SSSR count). The molecule has 0 radical (unpaired) electrons. The summed E-state index contributed by atoms with van der Waals surface area (Å²) in [5.74, 6) is 1.19. The summed E-state index contributed by atoms with van der Waals surface area (Å²) >= 11 is 1.47. The van der Waals surface area contributed by atoms with Crippen LogP contribution in [0, 0.1) is 0 Å². The van der Waals surface area contributed by atoms with Crippen LogP contribution in [0.3, 0.4) is 0 Å². The molecule has 6 nitrogen and oxygen atoms in total. The number of rotatable bonds is 4. The molecular weight excluding hydrogens is 312 g/mol. The van der Waals surface area contributed by atoms with Gasteiger partial charge in [-0.15, -0.1) is 10.2 Å². The molecule has 0 atom stereocenters. The minimum Gasteiger partial charge on any atom is -0.497 e. The number of ether oxygens (including phenoxy) is 1. The van der Waals surface area contributed by atoms with Crippen LogP contribution in [0.4, 0.5) is 15.6 Å². The monoisotopic (exact) mass is 332 g/mol. The highest BCUT2D eigenvalue weighted by Gasteiger charge is 2.20. The summed E-state index contributed by atoms with van der Waals surface area (Å²) in [6, 6.07) is 6.87. The molecule has 0 spiro atoms. The number of benzene rings is 1. The first kappa shape index (κ1) is 15.7. The Morgan fingerprint density at radius 1 is 1.22 bits per heavy atom. The summed E-state index contributed by atoms with van der Waals surface area (Å²) in [5.41, 5.74) is 0.666. The summed E-state index contributed by atoms with van der Waals surface area (Å²) < 4.78 is 5.13. The number of carbonyl (C=O) groups is 1. The van der Waals surface area contributed by atoms with Gasteiger partial charge >= 0.3 is 6.03 Å². The molecule has 1 heterocycles. The Bertz CT molecular complexity index is 668. The van der Waals surface area contributed by atoms with Crippen molar-refractivity contribution in [1.82, 2.24) is 10.2 Å². The molecule has 0 unspecified atom stereocenters. The molecular formula is C16H20N4O2S. The van der Waals surface area contributed by atoms with Gasteiger partial charge in [0.2, 0.25) is 5.13 Å². The minimum atomic E-state index is -0.329. The summed E-state index contributed by atoms with van der Waals surface area (Å²) in [4.78, 5) is 12.0. The number of nitrogens with one attached hydrogen (secondary N) is 2. The van der Waals surface area contributed by atoms with Crippen LogP contribution in [-0.4, -0.2) is 23.3 Å². The largest absolute Gasteiger partial charge is 0.497 e. The molecule has 1 fully saturated rings. The molecule has 0 aliphatic heterocycles. The van der Waals surface area contributed by atoms with Gasteiger partial charge in [0, 0.05) is 17.7 Å². The Labute approximate surface area is 139 Å². The second-order valence-corrected chi connectivity index (χ2v) is 6.60. The van der Waals surface area contributed by atoms with E-state index in [9.17, 15) is 4.79 Å². The predicted octanol–water partition coefficient (Wildman–Crippen LogP) is 4.24. The Kier molecular flexibility index (Phi) is 5.07. The second-order valence-electron chi connectivity index (χ2n) is 5.59. The zero-order valence-corrected chi connectivity index (χ0v) is 13.9. The number of methoxy groups -OCH3 is 1. The number of nitrogens with zero attached hydrogens (tertiary/aromatic N) is 2. The van der Waals surface area contributed by atoms with Crippen molar-refractivity contribution < 1.29 is 9.53 Å². The quantitative estimate of drug-likeness (QED) is 0.878. The smallest absolute Gasteiger partial charge is 0.325 e. The Morgan fingerprint density at radius 3 is 2.83 bits per heavy atom. The third-order valence-corrected chi connectivity index (χ3v) is 4.94. The number of amides is 2. The molecule has 2 N–H and O–H groups in total. The lowest BCUT2D eigenvalue weighted by atomic mass is 9.90. The SMILES string of the molecule is COc1cccc(NC(=O)Nc2nnc(C3CCCCC3)s2)c1. The van der Waals surface area contributed by atoms with E-state index in [1.165, 1.54) is 43.4 Å². The van der Waals surface area contributed by atoms with E-state index in [0.717, 1.165) is 5.01 Å². The maximum absolute atomic E-state index is 12.0. The summed E-state index contributed by atoms with van der Waals surface area (Å²) in [6.07, 6.45) is 6.16. The Hall–Kier alpha value is -2.15. The third kappa shape index (κ3) is 4.19. The maximum Gasteiger partial charge on any atom is 0.325 e. The number of carbonyl (C=O) groups excluding carboxylic acids is 1. The fourth-order valence-electron chi connectivity index (χ4n) is 2.76. The van der Waals surface area contributed by atoms with Crippen LogP contribution in [0.25, 0.3) is 0 Å². The molecule has 0 bridgehead atoms. The van der Waals surface area contributed by atoms with Crippen molar-refractivity contribution in [2.24, 2.45) is 0 Å². The van der Waals surface area contributed by atoms with Crippen molar-refractivity contribution in [2.45, 2.75) is 38.0 Å². The van der Waals surface area contributed by atoms with E-state index in [2.05, 4.69) is 20.8 Å². The number of hydrogen-bond donors (Lipinski definition) is 2. The van der Waals surface area contributed by atoms with Crippen LogP contribution in [-0.2, 0) is 0 Å². The first-order valence-electron chi connectivity index (χ1n) is 7.80. The average Bonchev–Trinajstić information content (AvgIpc) is 3.04. The molecule has 1 aromatic heterocycles. The van der Waals surface area contributed by atoms with Gasteiger partial charge in [-0.3, -0.25) is 5.32 Å². The highest BCUT2D eigenvalue weighted by molar-refractivity contribution is 7.15. The van der Waals surface area contributed by atoms with Crippen molar-refractivity contribution in [3.63, 3.8) is 0 Å². The molecule has 2 aromatic rings. The van der Waals surface area contributed by atoms with E-state index < -0.39 is 0 Å². The molecule has 1 saturated carbocycles.